The van der Waals surface area contributed by atoms with Crippen molar-refractivity contribution in [2.24, 2.45) is 11.8 Å². The molecule has 0 aromatic heterocycles. The molecule has 4 nitrogen and oxygen atoms in total. The normalized spacial score (nSPS) is 19.4. The Hall–Kier alpha value is -0.710. The SMILES string of the molecule is CC(C)[C@@H](NC(=O)C1CCSCC1)C(=O)O. The van der Waals surface area contributed by atoms with Crippen LogP contribution in [-0.2, 0) is 9.59 Å². The Kier molecular flexibility index (Phi) is 5.12. The molecule has 1 aliphatic heterocycles. The van der Waals surface area contributed by atoms with Gasteiger partial charge in [-0.25, -0.2) is 4.79 Å². The van der Waals surface area contributed by atoms with Gasteiger partial charge in [0.1, 0.15) is 6.04 Å². The Morgan fingerprint density at radius 2 is 1.88 bits per heavy atom. The number of amides is 1. The molecular weight excluding hydrogens is 226 g/mol. The van der Waals surface area contributed by atoms with Crippen molar-refractivity contribution in [1.82, 2.24) is 5.32 Å². The van der Waals surface area contributed by atoms with E-state index in [9.17, 15) is 9.59 Å². The molecular formula is C11H19NO3S. The fourth-order valence-electron chi connectivity index (χ4n) is 1.74. The van der Waals surface area contributed by atoms with Gasteiger partial charge in [-0.1, -0.05) is 13.8 Å². The average Bonchev–Trinajstić information content (AvgIpc) is 2.25. The highest BCUT2D eigenvalue weighted by molar-refractivity contribution is 7.99. The van der Waals surface area contributed by atoms with Crippen LogP contribution in [0, 0.1) is 11.8 Å². The molecule has 0 bridgehead atoms. The third-order valence-corrected chi connectivity index (χ3v) is 3.87. The Balaban J connectivity index is 2.50. The number of carboxylic acids is 1. The molecule has 1 amide bonds. The van der Waals surface area contributed by atoms with Crippen molar-refractivity contribution >= 4 is 23.6 Å². The van der Waals surface area contributed by atoms with Gasteiger partial charge in [-0.05, 0) is 30.3 Å². The molecule has 0 unspecified atom stereocenters. The van der Waals surface area contributed by atoms with Crippen LogP contribution in [-0.4, -0.2) is 34.5 Å². The molecule has 0 saturated carbocycles. The highest BCUT2D eigenvalue weighted by atomic mass is 32.2. The van der Waals surface area contributed by atoms with Crippen molar-refractivity contribution in [2.45, 2.75) is 32.7 Å². The molecule has 1 fully saturated rings. The van der Waals surface area contributed by atoms with Gasteiger partial charge < -0.3 is 10.4 Å². The first-order valence-corrected chi connectivity index (χ1v) is 6.78. The summed E-state index contributed by atoms with van der Waals surface area (Å²) in [4.78, 5) is 22.8. The van der Waals surface area contributed by atoms with E-state index < -0.39 is 12.0 Å². The topological polar surface area (TPSA) is 66.4 Å². The minimum Gasteiger partial charge on any atom is -0.480 e. The lowest BCUT2D eigenvalue weighted by molar-refractivity contribution is -0.143. The van der Waals surface area contributed by atoms with Gasteiger partial charge in [0.25, 0.3) is 0 Å². The number of hydrogen-bond donors (Lipinski definition) is 2. The predicted molar refractivity (Wildman–Crippen MR) is 64.5 cm³/mol. The van der Waals surface area contributed by atoms with E-state index in [1.165, 1.54) is 0 Å². The fraction of sp³-hybridized carbons (Fsp3) is 0.818. The molecule has 0 aromatic rings. The van der Waals surface area contributed by atoms with Crippen LogP contribution >= 0.6 is 11.8 Å². The van der Waals surface area contributed by atoms with Crippen molar-refractivity contribution in [1.29, 1.82) is 0 Å². The number of carbonyl (C=O) groups excluding carboxylic acids is 1. The third kappa shape index (κ3) is 3.70. The van der Waals surface area contributed by atoms with Gasteiger partial charge in [0, 0.05) is 5.92 Å². The third-order valence-electron chi connectivity index (χ3n) is 2.82. The molecule has 1 saturated heterocycles. The number of carbonyl (C=O) groups is 2. The van der Waals surface area contributed by atoms with Gasteiger partial charge in [0.15, 0.2) is 0 Å². The van der Waals surface area contributed by atoms with Crippen LogP contribution < -0.4 is 5.32 Å². The van der Waals surface area contributed by atoms with E-state index in [2.05, 4.69) is 5.32 Å². The van der Waals surface area contributed by atoms with E-state index in [4.69, 9.17) is 5.11 Å². The summed E-state index contributed by atoms with van der Waals surface area (Å²) in [7, 11) is 0. The summed E-state index contributed by atoms with van der Waals surface area (Å²) < 4.78 is 0. The summed E-state index contributed by atoms with van der Waals surface area (Å²) in [6, 6.07) is -0.762. The van der Waals surface area contributed by atoms with Crippen molar-refractivity contribution in [3.63, 3.8) is 0 Å². The zero-order valence-corrected chi connectivity index (χ0v) is 10.5. The summed E-state index contributed by atoms with van der Waals surface area (Å²) in [6.07, 6.45) is 1.72. The van der Waals surface area contributed by atoms with Crippen LogP contribution in [0.15, 0.2) is 0 Å². The van der Waals surface area contributed by atoms with E-state index in [1.54, 1.807) is 13.8 Å². The van der Waals surface area contributed by atoms with E-state index in [0.717, 1.165) is 24.3 Å². The monoisotopic (exact) mass is 245 g/mol. The van der Waals surface area contributed by atoms with E-state index in [1.807, 2.05) is 11.8 Å². The molecule has 0 aliphatic carbocycles. The minimum atomic E-state index is -0.950. The molecule has 92 valence electrons. The van der Waals surface area contributed by atoms with Gasteiger partial charge in [-0.15, -0.1) is 0 Å². The Morgan fingerprint density at radius 1 is 1.31 bits per heavy atom. The van der Waals surface area contributed by atoms with Crippen LogP contribution in [0.25, 0.3) is 0 Å². The summed E-state index contributed by atoms with van der Waals surface area (Å²) >= 11 is 1.85. The van der Waals surface area contributed by atoms with E-state index in [0.29, 0.717) is 0 Å². The number of thioether (sulfide) groups is 1. The molecule has 1 aliphatic rings. The van der Waals surface area contributed by atoms with Crippen LogP contribution in [0.5, 0.6) is 0 Å². The van der Waals surface area contributed by atoms with Crippen LogP contribution in [0.3, 0.4) is 0 Å². The number of carboxylic acid groups (broad SMARTS) is 1. The number of rotatable bonds is 4. The van der Waals surface area contributed by atoms with E-state index in [-0.39, 0.29) is 17.7 Å². The molecule has 16 heavy (non-hydrogen) atoms. The van der Waals surface area contributed by atoms with Crippen LogP contribution in [0.4, 0.5) is 0 Å². The second-order valence-corrected chi connectivity index (χ2v) is 5.68. The van der Waals surface area contributed by atoms with Gasteiger partial charge in [-0.3, -0.25) is 4.79 Å². The van der Waals surface area contributed by atoms with Gasteiger partial charge in [-0.2, -0.15) is 11.8 Å². The number of hydrogen-bond acceptors (Lipinski definition) is 3. The molecule has 1 rings (SSSR count). The van der Waals surface area contributed by atoms with Crippen LogP contribution in [0.2, 0.25) is 0 Å². The first-order chi connectivity index (χ1) is 7.52. The standard InChI is InChI=1S/C11H19NO3S/c1-7(2)9(11(14)15)12-10(13)8-3-5-16-6-4-8/h7-9H,3-6H2,1-2H3,(H,12,13)(H,14,15)/t9-/m1/s1. The highest BCUT2D eigenvalue weighted by Crippen LogP contribution is 2.23. The second-order valence-electron chi connectivity index (χ2n) is 4.46. The number of nitrogens with one attached hydrogen (secondary N) is 1. The summed E-state index contributed by atoms with van der Waals surface area (Å²) in [5.74, 6) is 0.867. The lowest BCUT2D eigenvalue weighted by atomic mass is 9.99. The van der Waals surface area contributed by atoms with Gasteiger partial charge in [0.05, 0.1) is 0 Å². The summed E-state index contributed by atoms with van der Waals surface area (Å²) in [5.41, 5.74) is 0. The zero-order chi connectivity index (χ0) is 12.1. The van der Waals surface area contributed by atoms with Crippen molar-refractivity contribution in [2.75, 3.05) is 11.5 Å². The first-order valence-electron chi connectivity index (χ1n) is 5.63. The lowest BCUT2D eigenvalue weighted by Gasteiger charge is -2.24. The highest BCUT2D eigenvalue weighted by Gasteiger charge is 2.28. The maximum atomic E-state index is 11.8. The van der Waals surface area contributed by atoms with Gasteiger partial charge in [0.2, 0.25) is 5.91 Å². The van der Waals surface area contributed by atoms with Crippen LogP contribution in [0.1, 0.15) is 26.7 Å². The summed E-state index contributed by atoms with van der Waals surface area (Å²) in [6.45, 7) is 3.60. The molecule has 5 heteroatoms. The molecule has 0 aromatic carbocycles. The first kappa shape index (κ1) is 13.4. The molecule has 0 spiro atoms. The predicted octanol–water partition coefficient (Wildman–Crippen LogP) is 1.35. The number of aliphatic carboxylic acids is 1. The minimum absolute atomic E-state index is 0.00171. The molecule has 1 heterocycles. The van der Waals surface area contributed by atoms with Crippen molar-refractivity contribution < 1.29 is 14.7 Å². The zero-order valence-electron chi connectivity index (χ0n) is 9.73. The Labute approximate surface area is 100 Å². The lowest BCUT2D eigenvalue weighted by Crippen LogP contribution is -2.47. The van der Waals surface area contributed by atoms with Crippen molar-refractivity contribution in [3.8, 4) is 0 Å². The largest absolute Gasteiger partial charge is 0.480 e. The molecule has 1 atom stereocenters. The van der Waals surface area contributed by atoms with E-state index >= 15 is 0 Å². The second kappa shape index (κ2) is 6.13. The maximum absolute atomic E-state index is 11.8. The average molecular weight is 245 g/mol. The van der Waals surface area contributed by atoms with Gasteiger partial charge >= 0.3 is 5.97 Å². The maximum Gasteiger partial charge on any atom is 0.326 e. The summed E-state index contributed by atoms with van der Waals surface area (Å²) in [5, 5.41) is 11.6. The smallest absolute Gasteiger partial charge is 0.326 e. The Bertz CT molecular complexity index is 262. The Morgan fingerprint density at radius 3 is 2.31 bits per heavy atom. The quantitative estimate of drug-likeness (QED) is 0.784. The van der Waals surface area contributed by atoms with Crippen molar-refractivity contribution in [3.05, 3.63) is 0 Å². The molecule has 2 N–H and O–H groups in total. The fourth-order valence-corrected chi connectivity index (χ4v) is 2.85. The molecule has 0 radical (unpaired) electrons.